The molecule has 1 fully saturated rings. The van der Waals surface area contributed by atoms with Crippen molar-refractivity contribution < 1.29 is 13.2 Å². The molecule has 1 aromatic carbocycles. The molecule has 1 saturated heterocycles. The molecular weight excluding hydrogens is 432 g/mol. The molecular formula is C22H30N4O3S2. The van der Waals surface area contributed by atoms with E-state index >= 15 is 0 Å². The molecule has 7 nitrogen and oxygen atoms in total. The summed E-state index contributed by atoms with van der Waals surface area (Å²) in [6.07, 6.45) is 0.664. The van der Waals surface area contributed by atoms with Gasteiger partial charge in [0.15, 0.2) is 0 Å². The van der Waals surface area contributed by atoms with Crippen molar-refractivity contribution in [1.82, 2.24) is 14.5 Å². The average Bonchev–Trinajstić information content (AvgIpc) is 3.35. The first-order valence-corrected chi connectivity index (χ1v) is 13.0. The van der Waals surface area contributed by atoms with Gasteiger partial charge in [0.2, 0.25) is 15.9 Å². The zero-order valence-electron chi connectivity index (χ0n) is 18.2. The normalized spacial score (nSPS) is 21.3. The van der Waals surface area contributed by atoms with Crippen LogP contribution < -0.4 is 9.62 Å². The predicted molar refractivity (Wildman–Crippen MR) is 124 cm³/mol. The Hall–Kier alpha value is -1.78. The van der Waals surface area contributed by atoms with Crippen LogP contribution in [0.15, 0.2) is 40.6 Å². The predicted octanol–water partition coefficient (Wildman–Crippen LogP) is 2.31. The van der Waals surface area contributed by atoms with Crippen LogP contribution in [-0.2, 0) is 21.2 Å². The number of anilines is 1. The molecule has 0 bridgehead atoms. The van der Waals surface area contributed by atoms with Crippen molar-refractivity contribution in [2.75, 3.05) is 44.7 Å². The number of amides is 1. The Morgan fingerprint density at radius 2 is 1.97 bits per heavy atom. The molecule has 0 aliphatic carbocycles. The van der Waals surface area contributed by atoms with E-state index in [-0.39, 0.29) is 22.9 Å². The maximum atomic E-state index is 13.1. The van der Waals surface area contributed by atoms with E-state index in [9.17, 15) is 13.2 Å². The van der Waals surface area contributed by atoms with E-state index in [0.29, 0.717) is 13.0 Å². The zero-order chi connectivity index (χ0) is 22.2. The lowest BCUT2D eigenvalue weighted by molar-refractivity contribution is -0.116. The molecule has 3 heterocycles. The summed E-state index contributed by atoms with van der Waals surface area (Å²) in [5.41, 5.74) is 1.72. The van der Waals surface area contributed by atoms with E-state index in [0.717, 1.165) is 37.4 Å². The van der Waals surface area contributed by atoms with Crippen LogP contribution in [0.25, 0.3) is 0 Å². The third kappa shape index (κ3) is 4.70. The standard InChI is InChI=1S/C22H30N4O3S2/c1-16-13-18-14-19(6-7-20(18)26(16)17(2)27)31(28,29)23-15-21(22-5-4-12-30-22)25-10-8-24(3)9-11-25/h4-7,12,14,16,21,23H,8-11,13,15H2,1-3H3. The van der Waals surface area contributed by atoms with Crippen molar-refractivity contribution >= 4 is 33.0 Å². The van der Waals surface area contributed by atoms with Gasteiger partial charge in [-0.2, -0.15) is 0 Å². The van der Waals surface area contributed by atoms with Gasteiger partial charge in [-0.25, -0.2) is 13.1 Å². The van der Waals surface area contributed by atoms with Crippen LogP contribution in [0, 0.1) is 0 Å². The van der Waals surface area contributed by atoms with E-state index in [2.05, 4.69) is 27.6 Å². The molecule has 2 aromatic rings. The summed E-state index contributed by atoms with van der Waals surface area (Å²) in [5, 5.41) is 2.04. The van der Waals surface area contributed by atoms with Crippen molar-refractivity contribution in [1.29, 1.82) is 0 Å². The number of likely N-dealkylation sites (N-methyl/N-ethyl adjacent to an activating group) is 1. The van der Waals surface area contributed by atoms with Gasteiger partial charge in [-0.1, -0.05) is 6.07 Å². The SMILES string of the molecule is CC(=O)N1c2ccc(S(=O)(=O)NCC(c3cccs3)N3CCN(C)CC3)cc2CC1C. The fourth-order valence-corrected chi connectivity index (χ4v) is 6.50. The number of sulfonamides is 1. The summed E-state index contributed by atoms with van der Waals surface area (Å²) in [6, 6.07) is 9.23. The molecule has 1 amide bonds. The first kappa shape index (κ1) is 22.4. The van der Waals surface area contributed by atoms with Gasteiger partial charge in [0.1, 0.15) is 0 Å². The molecule has 2 atom stereocenters. The number of thiophene rings is 1. The third-order valence-corrected chi connectivity index (χ3v) is 8.63. The molecule has 1 aromatic heterocycles. The second-order valence-electron chi connectivity index (χ2n) is 8.46. The van der Waals surface area contributed by atoms with Crippen LogP contribution in [0.1, 0.15) is 30.3 Å². The molecule has 2 aliphatic rings. The van der Waals surface area contributed by atoms with Crippen molar-refractivity contribution in [3.63, 3.8) is 0 Å². The van der Waals surface area contributed by atoms with Gasteiger partial charge in [-0.3, -0.25) is 9.69 Å². The minimum Gasteiger partial charge on any atom is -0.309 e. The van der Waals surface area contributed by atoms with Gasteiger partial charge < -0.3 is 9.80 Å². The maximum absolute atomic E-state index is 13.1. The summed E-state index contributed by atoms with van der Waals surface area (Å²) < 4.78 is 29.1. The second kappa shape index (κ2) is 8.99. The van der Waals surface area contributed by atoms with Gasteiger partial charge in [0.05, 0.1) is 10.9 Å². The van der Waals surface area contributed by atoms with E-state index in [1.807, 2.05) is 18.4 Å². The van der Waals surface area contributed by atoms with E-state index < -0.39 is 10.0 Å². The number of nitrogens with one attached hydrogen (secondary N) is 1. The number of piperazine rings is 1. The quantitative estimate of drug-likeness (QED) is 0.713. The number of carbonyl (C=O) groups is 1. The Balaban J connectivity index is 1.52. The van der Waals surface area contributed by atoms with Gasteiger partial charge in [-0.15, -0.1) is 11.3 Å². The molecule has 0 spiro atoms. The number of carbonyl (C=O) groups excluding carboxylic acids is 1. The fourth-order valence-electron chi connectivity index (χ4n) is 4.55. The van der Waals surface area contributed by atoms with Gasteiger partial charge in [-0.05, 0) is 55.6 Å². The van der Waals surface area contributed by atoms with Gasteiger partial charge >= 0.3 is 0 Å². The molecule has 2 unspecified atom stereocenters. The highest BCUT2D eigenvalue weighted by Gasteiger charge is 2.31. The second-order valence-corrected chi connectivity index (χ2v) is 11.2. The van der Waals surface area contributed by atoms with Crippen LogP contribution >= 0.6 is 11.3 Å². The molecule has 0 radical (unpaired) electrons. The maximum Gasteiger partial charge on any atom is 0.240 e. The highest BCUT2D eigenvalue weighted by molar-refractivity contribution is 7.89. The van der Waals surface area contributed by atoms with Gasteiger partial charge in [0.25, 0.3) is 0 Å². The van der Waals surface area contributed by atoms with Crippen molar-refractivity contribution in [2.24, 2.45) is 0 Å². The summed E-state index contributed by atoms with van der Waals surface area (Å²) >= 11 is 1.66. The Kier molecular flexibility index (Phi) is 6.50. The van der Waals surface area contributed by atoms with Gasteiger partial charge in [0, 0.05) is 56.3 Å². The molecule has 168 valence electrons. The van der Waals surface area contributed by atoms with Crippen molar-refractivity contribution in [3.05, 3.63) is 46.2 Å². The summed E-state index contributed by atoms with van der Waals surface area (Å²) in [6.45, 7) is 7.64. The monoisotopic (exact) mass is 462 g/mol. The lowest BCUT2D eigenvalue weighted by atomic mass is 10.1. The first-order chi connectivity index (χ1) is 14.8. The highest BCUT2D eigenvalue weighted by Crippen LogP contribution is 2.34. The molecule has 1 N–H and O–H groups in total. The minimum absolute atomic E-state index is 0.0196. The lowest BCUT2D eigenvalue weighted by Gasteiger charge is -2.37. The molecule has 4 rings (SSSR count). The topological polar surface area (TPSA) is 73.0 Å². The number of fused-ring (bicyclic) bond motifs is 1. The average molecular weight is 463 g/mol. The largest absolute Gasteiger partial charge is 0.309 e. The smallest absolute Gasteiger partial charge is 0.240 e. The van der Waals surface area contributed by atoms with Crippen LogP contribution in [0.3, 0.4) is 0 Å². The lowest BCUT2D eigenvalue weighted by Crippen LogP contribution is -2.48. The number of hydrogen-bond donors (Lipinski definition) is 1. The Morgan fingerprint density at radius 3 is 2.61 bits per heavy atom. The highest BCUT2D eigenvalue weighted by atomic mass is 32.2. The molecule has 31 heavy (non-hydrogen) atoms. The Bertz CT molecular complexity index is 1030. The molecule has 2 aliphatic heterocycles. The molecule has 9 heteroatoms. The Morgan fingerprint density at radius 1 is 1.23 bits per heavy atom. The van der Waals surface area contributed by atoms with Crippen LogP contribution in [0.2, 0.25) is 0 Å². The van der Waals surface area contributed by atoms with E-state index in [4.69, 9.17) is 0 Å². The first-order valence-electron chi connectivity index (χ1n) is 10.6. The summed E-state index contributed by atoms with van der Waals surface area (Å²) in [4.78, 5) is 19.8. The van der Waals surface area contributed by atoms with E-state index in [1.165, 1.54) is 4.88 Å². The third-order valence-electron chi connectivity index (χ3n) is 6.23. The zero-order valence-corrected chi connectivity index (χ0v) is 19.9. The van der Waals surface area contributed by atoms with Crippen LogP contribution in [-0.4, -0.2) is 69.9 Å². The summed E-state index contributed by atoms with van der Waals surface area (Å²) in [7, 11) is -1.55. The van der Waals surface area contributed by atoms with E-state index in [1.54, 1.807) is 41.4 Å². The summed E-state index contributed by atoms with van der Waals surface area (Å²) in [5.74, 6) is -0.0223. The number of nitrogens with zero attached hydrogens (tertiary/aromatic N) is 3. The van der Waals surface area contributed by atoms with Crippen LogP contribution in [0.5, 0.6) is 0 Å². The van der Waals surface area contributed by atoms with Crippen LogP contribution in [0.4, 0.5) is 5.69 Å². The minimum atomic E-state index is -3.66. The number of rotatable bonds is 6. The fraction of sp³-hybridized carbons (Fsp3) is 0.500. The Labute approximate surface area is 188 Å². The van der Waals surface area contributed by atoms with Crippen molar-refractivity contribution in [3.8, 4) is 0 Å². The van der Waals surface area contributed by atoms with Crippen molar-refractivity contribution in [2.45, 2.75) is 37.2 Å². The molecule has 0 saturated carbocycles. The number of benzene rings is 1. The number of hydrogen-bond acceptors (Lipinski definition) is 6.